The molecule has 1 saturated heterocycles. The number of ether oxygens (including phenoxy) is 1. The number of halogens is 4. The lowest BCUT2D eigenvalue weighted by molar-refractivity contribution is -0.174. The van der Waals surface area contributed by atoms with Crippen LogP contribution in [0.4, 0.5) is 13.2 Å². The highest BCUT2D eigenvalue weighted by atomic mass is 127. The summed E-state index contributed by atoms with van der Waals surface area (Å²) in [6.45, 7) is 1.62. The summed E-state index contributed by atoms with van der Waals surface area (Å²) in [5.41, 5.74) is 5.63. The van der Waals surface area contributed by atoms with E-state index >= 15 is 0 Å². The van der Waals surface area contributed by atoms with Crippen LogP contribution in [-0.4, -0.2) is 44.2 Å². The van der Waals surface area contributed by atoms with Crippen molar-refractivity contribution < 1.29 is 33.2 Å². The zero-order valence-corrected chi connectivity index (χ0v) is 19.7. The molecular weight excluding hydrogens is 536 g/mol. The number of fused-ring (bicyclic) bond motifs is 1. The SMILES string of the molecule is Cc1c([C@@H]2O[C@H](CO)C(O)[C@H](O)[C@@H]2I)cc(Cc2ccc(C(F)(F)F)cc2)c2c1CCC2. The van der Waals surface area contributed by atoms with Gasteiger partial charge in [0.2, 0.25) is 0 Å². The van der Waals surface area contributed by atoms with Crippen molar-refractivity contribution in [3.63, 3.8) is 0 Å². The van der Waals surface area contributed by atoms with Gasteiger partial charge in [0, 0.05) is 0 Å². The van der Waals surface area contributed by atoms with Gasteiger partial charge in [0.25, 0.3) is 0 Å². The average Bonchev–Trinajstić information content (AvgIpc) is 3.25. The smallest absolute Gasteiger partial charge is 0.394 e. The van der Waals surface area contributed by atoms with Crippen LogP contribution >= 0.6 is 22.6 Å². The maximum absolute atomic E-state index is 12.9. The van der Waals surface area contributed by atoms with Gasteiger partial charge in [0.1, 0.15) is 12.2 Å². The summed E-state index contributed by atoms with van der Waals surface area (Å²) in [5.74, 6) is 0. The second-order valence-corrected chi connectivity index (χ2v) is 10.1. The molecule has 2 aromatic carbocycles. The zero-order chi connectivity index (χ0) is 23.2. The van der Waals surface area contributed by atoms with Crippen LogP contribution in [0.15, 0.2) is 30.3 Å². The summed E-state index contributed by atoms with van der Waals surface area (Å²) in [5, 5.41) is 30.3. The third-order valence-corrected chi connectivity index (χ3v) is 8.04. The van der Waals surface area contributed by atoms with Crippen LogP contribution in [0, 0.1) is 6.92 Å². The van der Waals surface area contributed by atoms with E-state index in [2.05, 4.69) is 22.6 Å². The standard InChI is InChI=1S/C24H26F3IO4/c1-12-16-3-2-4-17(16)14(9-13-5-7-15(8-6-13)24(25,26)27)10-18(12)23-20(28)22(31)21(30)19(11-29)32-23/h5-8,10,19-23,29-31H,2-4,9,11H2,1H3/t19-,20+,21?,22-,23+/m1/s1. The Bertz CT molecular complexity index is 975. The number of alkyl halides is 4. The Kier molecular flexibility index (Phi) is 6.89. The van der Waals surface area contributed by atoms with Crippen LogP contribution in [0.1, 0.15) is 51.5 Å². The molecule has 4 nitrogen and oxygen atoms in total. The van der Waals surface area contributed by atoms with Crippen LogP contribution in [0.25, 0.3) is 0 Å². The number of rotatable bonds is 4. The molecule has 2 aliphatic rings. The predicted molar refractivity (Wildman–Crippen MR) is 122 cm³/mol. The second-order valence-electron chi connectivity index (χ2n) is 8.64. The van der Waals surface area contributed by atoms with Crippen molar-refractivity contribution in [3.05, 3.63) is 69.3 Å². The first-order valence-electron chi connectivity index (χ1n) is 10.7. The number of hydrogen-bond donors (Lipinski definition) is 3. The molecular formula is C24H26F3IO4. The molecule has 0 bridgehead atoms. The van der Waals surface area contributed by atoms with Gasteiger partial charge in [-0.15, -0.1) is 0 Å². The molecule has 2 aromatic rings. The first-order chi connectivity index (χ1) is 15.1. The molecule has 174 valence electrons. The molecule has 8 heteroatoms. The van der Waals surface area contributed by atoms with Gasteiger partial charge in [-0.25, -0.2) is 0 Å². The van der Waals surface area contributed by atoms with E-state index in [1.165, 1.54) is 23.3 Å². The van der Waals surface area contributed by atoms with Crippen molar-refractivity contribution in [2.24, 2.45) is 0 Å². The fourth-order valence-corrected chi connectivity index (χ4v) is 5.86. The van der Waals surface area contributed by atoms with Gasteiger partial charge in [0.15, 0.2) is 0 Å². The fraction of sp³-hybridized carbons (Fsp3) is 0.500. The van der Waals surface area contributed by atoms with E-state index in [0.717, 1.165) is 53.6 Å². The number of hydrogen-bond acceptors (Lipinski definition) is 4. The molecule has 4 rings (SSSR count). The lowest BCUT2D eigenvalue weighted by Gasteiger charge is -2.41. The minimum Gasteiger partial charge on any atom is -0.394 e. The minimum absolute atomic E-state index is 0.402. The molecule has 1 fully saturated rings. The highest BCUT2D eigenvalue weighted by Crippen LogP contribution is 2.42. The molecule has 0 saturated carbocycles. The van der Waals surface area contributed by atoms with Crippen LogP contribution in [-0.2, 0) is 30.2 Å². The van der Waals surface area contributed by atoms with Crippen molar-refractivity contribution in [2.75, 3.05) is 6.61 Å². The van der Waals surface area contributed by atoms with Crippen molar-refractivity contribution >= 4 is 22.6 Å². The maximum Gasteiger partial charge on any atom is 0.416 e. The van der Waals surface area contributed by atoms with E-state index in [0.29, 0.717) is 6.42 Å². The fourth-order valence-electron chi connectivity index (χ4n) is 4.88. The average molecular weight is 562 g/mol. The highest BCUT2D eigenvalue weighted by Gasteiger charge is 2.44. The Labute approximate surface area is 198 Å². The topological polar surface area (TPSA) is 69.9 Å². The monoisotopic (exact) mass is 562 g/mol. The lowest BCUT2D eigenvalue weighted by Crippen LogP contribution is -2.53. The van der Waals surface area contributed by atoms with Gasteiger partial charge in [-0.2, -0.15) is 13.2 Å². The van der Waals surface area contributed by atoms with E-state index in [1.807, 2.05) is 13.0 Å². The van der Waals surface area contributed by atoms with Crippen LogP contribution in [0.3, 0.4) is 0 Å². The number of aliphatic hydroxyl groups is 3. The van der Waals surface area contributed by atoms with E-state index in [4.69, 9.17) is 4.74 Å². The number of benzene rings is 2. The summed E-state index contributed by atoms with van der Waals surface area (Å²) in [7, 11) is 0. The van der Waals surface area contributed by atoms with Crippen molar-refractivity contribution in [1.82, 2.24) is 0 Å². The van der Waals surface area contributed by atoms with Gasteiger partial charge in [-0.3, -0.25) is 0 Å². The quantitative estimate of drug-likeness (QED) is 0.389. The normalized spacial score (nSPS) is 28.1. The van der Waals surface area contributed by atoms with E-state index < -0.39 is 46.7 Å². The Hall–Kier alpha value is -1.20. The molecule has 1 unspecified atom stereocenters. The molecule has 1 heterocycles. The summed E-state index contributed by atoms with van der Waals surface area (Å²) < 4.78 is 44.4. The first kappa shape index (κ1) is 23.9. The highest BCUT2D eigenvalue weighted by molar-refractivity contribution is 14.1. The third-order valence-electron chi connectivity index (χ3n) is 6.65. The van der Waals surface area contributed by atoms with E-state index in [1.54, 1.807) is 0 Å². The Balaban J connectivity index is 1.71. The summed E-state index contributed by atoms with van der Waals surface area (Å²) >= 11 is 2.08. The van der Waals surface area contributed by atoms with Gasteiger partial charge < -0.3 is 20.1 Å². The Morgan fingerprint density at radius 2 is 1.72 bits per heavy atom. The molecule has 0 spiro atoms. The lowest BCUT2D eigenvalue weighted by atomic mass is 9.85. The van der Waals surface area contributed by atoms with Crippen molar-refractivity contribution in [3.8, 4) is 0 Å². The summed E-state index contributed by atoms with van der Waals surface area (Å²) in [6.07, 6.45) is -4.61. The van der Waals surface area contributed by atoms with Crippen LogP contribution < -0.4 is 0 Å². The van der Waals surface area contributed by atoms with Crippen molar-refractivity contribution in [2.45, 2.75) is 67.1 Å². The van der Waals surface area contributed by atoms with Gasteiger partial charge >= 0.3 is 6.18 Å². The molecule has 3 N–H and O–H groups in total. The largest absolute Gasteiger partial charge is 0.416 e. The molecule has 0 amide bonds. The van der Waals surface area contributed by atoms with Gasteiger partial charge in [-0.1, -0.05) is 40.8 Å². The third kappa shape index (κ3) is 4.44. The Morgan fingerprint density at radius 1 is 1.06 bits per heavy atom. The van der Waals surface area contributed by atoms with Crippen LogP contribution in [0.2, 0.25) is 0 Å². The molecule has 0 radical (unpaired) electrons. The second kappa shape index (κ2) is 9.21. The van der Waals surface area contributed by atoms with Gasteiger partial charge in [0.05, 0.1) is 28.3 Å². The van der Waals surface area contributed by atoms with Gasteiger partial charge in [-0.05, 0) is 78.1 Å². The molecule has 0 aromatic heterocycles. The minimum atomic E-state index is -4.36. The van der Waals surface area contributed by atoms with E-state index in [9.17, 15) is 28.5 Å². The first-order valence-corrected chi connectivity index (χ1v) is 11.9. The van der Waals surface area contributed by atoms with E-state index in [-0.39, 0.29) is 0 Å². The predicted octanol–water partition coefficient (Wildman–Crippen LogP) is 4.05. The Morgan fingerprint density at radius 3 is 2.34 bits per heavy atom. The zero-order valence-electron chi connectivity index (χ0n) is 17.6. The summed E-state index contributed by atoms with van der Waals surface area (Å²) in [4.78, 5) is 0. The molecule has 1 aliphatic carbocycles. The maximum atomic E-state index is 12.9. The number of aliphatic hydroxyl groups excluding tert-OH is 3. The van der Waals surface area contributed by atoms with Crippen molar-refractivity contribution in [1.29, 1.82) is 0 Å². The summed E-state index contributed by atoms with van der Waals surface area (Å²) in [6, 6.07) is 7.29. The molecule has 1 aliphatic heterocycles. The van der Waals surface area contributed by atoms with Crippen LogP contribution in [0.5, 0.6) is 0 Å². The molecule has 5 atom stereocenters. The molecule has 32 heavy (non-hydrogen) atoms.